The molecule has 0 bridgehead atoms. The summed E-state index contributed by atoms with van der Waals surface area (Å²) in [5.74, 6) is -0.600. The highest BCUT2D eigenvalue weighted by atomic mass is 19.1. The normalized spacial score (nSPS) is 11.3. The van der Waals surface area contributed by atoms with Crippen molar-refractivity contribution >= 4 is 17.7 Å². The van der Waals surface area contributed by atoms with Gasteiger partial charge in [0, 0.05) is 0 Å². The van der Waals surface area contributed by atoms with Crippen molar-refractivity contribution in [2.75, 3.05) is 7.11 Å². The molecular weight excluding hydrogens is 351 g/mol. The summed E-state index contributed by atoms with van der Waals surface area (Å²) in [6.45, 7) is 1.57. The second-order valence-electron chi connectivity index (χ2n) is 5.62. The van der Waals surface area contributed by atoms with Gasteiger partial charge in [0.05, 0.1) is 7.11 Å². The number of nitrogens with zero attached hydrogens (tertiary/aromatic N) is 4. The number of methoxy groups -OCH3 is 1. The third-order valence-electron chi connectivity index (χ3n) is 3.75. The fraction of sp³-hybridized carbons (Fsp3) is 0.158. The fourth-order valence-electron chi connectivity index (χ4n) is 2.39. The molecule has 3 aromatic rings. The summed E-state index contributed by atoms with van der Waals surface area (Å²) in [5.41, 5.74) is 1.43. The van der Waals surface area contributed by atoms with Crippen LogP contribution < -0.4 is 4.74 Å². The van der Waals surface area contributed by atoms with Crippen LogP contribution in [0.4, 0.5) is 4.39 Å². The highest BCUT2D eigenvalue weighted by molar-refractivity contribution is 6.15. The van der Waals surface area contributed by atoms with E-state index in [-0.39, 0.29) is 18.1 Å². The molecule has 0 amide bonds. The summed E-state index contributed by atoms with van der Waals surface area (Å²) in [5, 5.41) is 11.2. The largest absolute Gasteiger partial charge is 0.494 e. The van der Waals surface area contributed by atoms with E-state index >= 15 is 0 Å². The lowest BCUT2D eigenvalue weighted by atomic mass is 10.2. The minimum absolute atomic E-state index is 0.104. The van der Waals surface area contributed by atoms with Gasteiger partial charge in [-0.2, -0.15) is 4.68 Å². The molecular formula is C19H17FN4O3. The van der Waals surface area contributed by atoms with Gasteiger partial charge in [0.1, 0.15) is 6.61 Å². The zero-order chi connectivity index (χ0) is 19.2. The maximum atomic E-state index is 13.8. The predicted octanol–water partition coefficient (Wildman–Crippen LogP) is 2.87. The van der Waals surface area contributed by atoms with Gasteiger partial charge < -0.3 is 9.47 Å². The van der Waals surface area contributed by atoms with Crippen molar-refractivity contribution in [3.05, 3.63) is 71.3 Å². The van der Waals surface area contributed by atoms with E-state index in [0.717, 1.165) is 5.56 Å². The molecule has 0 saturated heterocycles. The Balaban J connectivity index is 1.82. The molecule has 0 atom stereocenters. The molecule has 2 aromatic carbocycles. The molecule has 1 heterocycles. The van der Waals surface area contributed by atoms with E-state index in [1.54, 1.807) is 19.1 Å². The van der Waals surface area contributed by atoms with Crippen LogP contribution >= 0.6 is 0 Å². The van der Waals surface area contributed by atoms with Gasteiger partial charge in [-0.05, 0) is 46.7 Å². The first-order valence-corrected chi connectivity index (χ1v) is 8.10. The lowest BCUT2D eigenvalue weighted by Gasteiger charge is -2.10. The third-order valence-corrected chi connectivity index (χ3v) is 3.75. The maximum absolute atomic E-state index is 13.8. The first-order valence-electron chi connectivity index (χ1n) is 8.10. The van der Waals surface area contributed by atoms with Gasteiger partial charge in [0.15, 0.2) is 23.1 Å². The number of carbonyl (C=O) groups is 1. The Morgan fingerprint density at radius 2 is 2.00 bits per heavy atom. The number of tetrazole rings is 1. The average molecular weight is 368 g/mol. The van der Waals surface area contributed by atoms with E-state index in [9.17, 15) is 9.18 Å². The van der Waals surface area contributed by atoms with Gasteiger partial charge in [-0.25, -0.2) is 9.18 Å². The monoisotopic (exact) mass is 368 g/mol. The number of hydrogen-bond donors (Lipinski definition) is 0. The number of aryl methyl sites for hydroxylation is 1. The number of hydrogen-bond acceptors (Lipinski definition) is 6. The molecule has 0 radical (unpaired) electrons. The number of rotatable bonds is 6. The van der Waals surface area contributed by atoms with Crippen LogP contribution in [0.15, 0.2) is 48.5 Å². The van der Waals surface area contributed by atoms with Crippen LogP contribution in [-0.4, -0.2) is 33.3 Å². The number of esters is 1. The Kier molecular flexibility index (Phi) is 5.55. The van der Waals surface area contributed by atoms with Crippen LogP contribution in [0.5, 0.6) is 5.75 Å². The van der Waals surface area contributed by atoms with E-state index in [1.807, 2.05) is 30.3 Å². The zero-order valence-electron chi connectivity index (χ0n) is 14.8. The molecule has 0 spiro atoms. The van der Waals surface area contributed by atoms with Crippen molar-refractivity contribution in [3.63, 3.8) is 0 Å². The predicted molar refractivity (Wildman–Crippen MR) is 95.9 cm³/mol. The number of benzene rings is 2. The van der Waals surface area contributed by atoms with Crippen LogP contribution in [0.1, 0.15) is 17.0 Å². The molecule has 0 N–H and O–H groups in total. The summed E-state index contributed by atoms with van der Waals surface area (Å²) >= 11 is 0. The highest BCUT2D eigenvalue weighted by Crippen LogP contribution is 2.19. The van der Waals surface area contributed by atoms with Crippen molar-refractivity contribution in [2.24, 2.45) is 0 Å². The van der Waals surface area contributed by atoms with Crippen LogP contribution in [0, 0.1) is 12.7 Å². The Morgan fingerprint density at radius 3 is 2.63 bits per heavy atom. The van der Waals surface area contributed by atoms with Gasteiger partial charge in [-0.1, -0.05) is 36.4 Å². The Morgan fingerprint density at radius 1 is 1.22 bits per heavy atom. The van der Waals surface area contributed by atoms with Crippen molar-refractivity contribution in [3.8, 4) is 5.75 Å². The minimum atomic E-state index is -0.634. The third kappa shape index (κ3) is 4.35. The quantitative estimate of drug-likeness (QED) is 0.492. The Bertz CT molecular complexity index is 970. The molecule has 0 unspecified atom stereocenters. The second kappa shape index (κ2) is 8.22. The molecule has 138 valence electrons. The highest BCUT2D eigenvalue weighted by Gasteiger charge is 2.18. The smallest absolute Gasteiger partial charge is 0.357 e. The lowest BCUT2D eigenvalue weighted by molar-refractivity contribution is -0.138. The molecule has 0 saturated carbocycles. The summed E-state index contributed by atoms with van der Waals surface area (Å²) < 4.78 is 25.3. The van der Waals surface area contributed by atoms with E-state index in [1.165, 1.54) is 23.9 Å². The van der Waals surface area contributed by atoms with Crippen LogP contribution in [-0.2, 0) is 16.1 Å². The summed E-state index contributed by atoms with van der Waals surface area (Å²) in [4.78, 5) is 12.7. The summed E-state index contributed by atoms with van der Waals surface area (Å²) in [7, 11) is 1.38. The number of carbonyl (C=O) groups excluding carboxylic acids is 1. The van der Waals surface area contributed by atoms with Crippen molar-refractivity contribution in [1.82, 2.24) is 20.2 Å². The molecule has 3 rings (SSSR count). The van der Waals surface area contributed by atoms with Crippen LogP contribution in [0.2, 0.25) is 0 Å². The Labute approximate surface area is 155 Å². The molecule has 0 aliphatic carbocycles. The molecule has 0 aliphatic heterocycles. The van der Waals surface area contributed by atoms with E-state index in [0.29, 0.717) is 11.4 Å². The van der Waals surface area contributed by atoms with Crippen molar-refractivity contribution in [2.45, 2.75) is 13.5 Å². The molecule has 0 aliphatic rings. The van der Waals surface area contributed by atoms with E-state index in [2.05, 4.69) is 15.5 Å². The van der Waals surface area contributed by atoms with E-state index < -0.39 is 11.8 Å². The van der Waals surface area contributed by atoms with E-state index in [4.69, 9.17) is 9.47 Å². The number of halogens is 1. The standard InChI is InChI=1S/C19H17FN4O3/c1-13-21-22-23-24(13)17(11-14-6-4-3-5-7-14)19(25)27-12-15-8-9-18(26-2)16(20)10-15/h3-11H,12H2,1-2H3/b17-11-. The molecule has 8 heteroatoms. The molecule has 27 heavy (non-hydrogen) atoms. The number of aromatic nitrogens is 4. The average Bonchev–Trinajstić information content (AvgIpc) is 3.10. The van der Waals surface area contributed by atoms with Gasteiger partial charge in [0.2, 0.25) is 0 Å². The minimum Gasteiger partial charge on any atom is -0.494 e. The molecule has 0 fully saturated rings. The zero-order valence-corrected chi connectivity index (χ0v) is 14.8. The van der Waals surface area contributed by atoms with Gasteiger partial charge >= 0.3 is 5.97 Å². The number of ether oxygens (including phenoxy) is 2. The van der Waals surface area contributed by atoms with Crippen molar-refractivity contribution < 1.29 is 18.7 Å². The SMILES string of the molecule is COc1ccc(COC(=O)/C(=C/c2ccccc2)n2nnnc2C)cc1F. The molecule has 1 aromatic heterocycles. The second-order valence-corrected chi connectivity index (χ2v) is 5.62. The van der Waals surface area contributed by atoms with Crippen molar-refractivity contribution in [1.29, 1.82) is 0 Å². The molecule has 7 nitrogen and oxygen atoms in total. The fourth-order valence-corrected chi connectivity index (χ4v) is 2.39. The summed E-state index contributed by atoms with van der Waals surface area (Å²) in [6.07, 6.45) is 1.63. The van der Waals surface area contributed by atoms with Gasteiger partial charge in [-0.15, -0.1) is 5.10 Å². The summed E-state index contributed by atoms with van der Waals surface area (Å²) in [6, 6.07) is 13.6. The first-order chi connectivity index (χ1) is 13.1. The Hall–Kier alpha value is -3.55. The maximum Gasteiger partial charge on any atom is 0.357 e. The van der Waals surface area contributed by atoms with Crippen LogP contribution in [0.3, 0.4) is 0 Å². The van der Waals surface area contributed by atoms with Gasteiger partial charge in [0.25, 0.3) is 0 Å². The lowest BCUT2D eigenvalue weighted by Crippen LogP contribution is -2.15. The van der Waals surface area contributed by atoms with Gasteiger partial charge in [-0.3, -0.25) is 0 Å². The van der Waals surface area contributed by atoms with Crippen LogP contribution in [0.25, 0.3) is 11.8 Å². The first kappa shape index (κ1) is 18.2. The topological polar surface area (TPSA) is 79.1 Å².